The molecule has 2 N–H and O–H groups in total. The van der Waals surface area contributed by atoms with E-state index in [1.807, 2.05) is 39.0 Å². The summed E-state index contributed by atoms with van der Waals surface area (Å²) in [5.74, 6) is -1.10. The van der Waals surface area contributed by atoms with E-state index in [2.05, 4.69) is 10.5 Å². The summed E-state index contributed by atoms with van der Waals surface area (Å²) in [7, 11) is 0. The van der Waals surface area contributed by atoms with E-state index in [0.29, 0.717) is 11.3 Å². The Labute approximate surface area is 203 Å². The Morgan fingerprint density at radius 2 is 1.97 bits per heavy atom. The number of hydrogen-bond donors (Lipinski definition) is 2. The van der Waals surface area contributed by atoms with Gasteiger partial charge in [-0.3, -0.25) is 14.4 Å². The summed E-state index contributed by atoms with van der Waals surface area (Å²) in [6.07, 6.45) is 6.58. The number of phenols is 1. The third-order valence-corrected chi connectivity index (χ3v) is 5.97. The van der Waals surface area contributed by atoms with Gasteiger partial charge in [-0.15, -0.1) is 0 Å². The van der Waals surface area contributed by atoms with Gasteiger partial charge in [-0.25, -0.2) is 0 Å². The van der Waals surface area contributed by atoms with E-state index in [-0.39, 0.29) is 40.9 Å². The lowest BCUT2D eigenvalue weighted by Gasteiger charge is -2.26. The van der Waals surface area contributed by atoms with Gasteiger partial charge in [-0.05, 0) is 43.0 Å². The van der Waals surface area contributed by atoms with Crippen LogP contribution >= 0.6 is 11.6 Å². The number of rotatable bonds is 9. The minimum Gasteiger partial charge on any atom is -0.506 e. The van der Waals surface area contributed by atoms with Gasteiger partial charge in [0.05, 0.1) is 11.1 Å². The average Bonchev–Trinajstić information content (AvgIpc) is 3.45. The lowest BCUT2D eigenvalue weighted by molar-refractivity contribution is -0.132. The summed E-state index contributed by atoms with van der Waals surface area (Å²) in [6, 6.07) is 5.15. The van der Waals surface area contributed by atoms with Crippen LogP contribution in [0.3, 0.4) is 0 Å². The molecular formula is C26H29ClN2O5. The number of carbonyl (C=O) groups excluding carboxylic acids is 3. The molecule has 7 nitrogen and oxygen atoms in total. The molecule has 1 amide bonds. The Hall–Kier alpha value is -3.19. The molecule has 8 heteroatoms. The highest BCUT2D eigenvalue weighted by atomic mass is 35.5. The van der Waals surface area contributed by atoms with E-state index in [4.69, 9.17) is 16.1 Å². The van der Waals surface area contributed by atoms with Gasteiger partial charge in [0, 0.05) is 23.8 Å². The molecule has 34 heavy (non-hydrogen) atoms. The summed E-state index contributed by atoms with van der Waals surface area (Å²) in [5.41, 5.74) is 0.890. The molecule has 0 saturated carbocycles. The number of amides is 1. The van der Waals surface area contributed by atoms with E-state index in [9.17, 15) is 19.5 Å². The van der Waals surface area contributed by atoms with Gasteiger partial charge < -0.3 is 14.9 Å². The van der Waals surface area contributed by atoms with Gasteiger partial charge in [0.15, 0.2) is 11.5 Å². The summed E-state index contributed by atoms with van der Waals surface area (Å²) in [4.78, 5) is 39.5. The molecule has 2 aromatic rings. The largest absolute Gasteiger partial charge is 0.506 e. The molecule has 1 aliphatic rings. The molecular weight excluding hydrogens is 456 g/mol. The predicted molar refractivity (Wildman–Crippen MR) is 129 cm³/mol. The number of ketones is 2. The van der Waals surface area contributed by atoms with Crippen molar-refractivity contribution >= 4 is 29.1 Å². The van der Waals surface area contributed by atoms with Gasteiger partial charge in [0.1, 0.15) is 17.3 Å². The molecule has 0 saturated heterocycles. The van der Waals surface area contributed by atoms with Crippen molar-refractivity contribution < 1.29 is 24.0 Å². The maximum absolute atomic E-state index is 13.5. The number of Topliss-reactive ketones (excluding diaryl/α,β-unsaturated/α-hetero) is 2. The number of aromatic nitrogens is 1. The van der Waals surface area contributed by atoms with E-state index in [1.165, 1.54) is 12.1 Å². The zero-order chi connectivity index (χ0) is 25.0. The first-order valence-corrected chi connectivity index (χ1v) is 11.5. The normalized spacial score (nSPS) is 15.0. The fourth-order valence-electron chi connectivity index (χ4n) is 3.83. The summed E-state index contributed by atoms with van der Waals surface area (Å²) >= 11 is 6.04. The average molecular weight is 485 g/mol. The van der Waals surface area contributed by atoms with Gasteiger partial charge in [-0.2, -0.15) is 0 Å². The molecule has 0 spiro atoms. The Morgan fingerprint density at radius 3 is 2.53 bits per heavy atom. The molecule has 3 rings (SSSR count). The Balaban J connectivity index is 1.88. The summed E-state index contributed by atoms with van der Waals surface area (Å²) in [5, 5.41) is 16.3. The second-order valence-corrected chi connectivity index (χ2v) is 9.93. The molecule has 1 aromatic carbocycles. The van der Waals surface area contributed by atoms with Gasteiger partial charge in [0.25, 0.3) is 5.91 Å². The number of halogens is 1. The quantitative estimate of drug-likeness (QED) is 0.531. The highest BCUT2D eigenvalue weighted by Gasteiger charge is 2.35. The van der Waals surface area contributed by atoms with Crippen LogP contribution in [-0.2, 0) is 16.0 Å². The zero-order valence-electron chi connectivity index (χ0n) is 19.7. The van der Waals surface area contributed by atoms with Crippen molar-refractivity contribution in [3.8, 4) is 5.75 Å². The number of aromatic hydroxyl groups is 1. The molecule has 1 aliphatic carbocycles. The van der Waals surface area contributed by atoms with Crippen molar-refractivity contribution in [1.82, 2.24) is 10.5 Å². The second kappa shape index (κ2) is 10.4. The SMILES string of the molecule is Cc1cc(C(=O)N[C@@H](Cc2ccc(O)c(Cl)c2)C(=O)C[C@H](C(=O)C(C)(C)C)C2=CCC=C2)no1. The fraction of sp³-hybridized carbons (Fsp3) is 0.385. The first-order chi connectivity index (χ1) is 16.0. The smallest absolute Gasteiger partial charge is 0.274 e. The predicted octanol–water partition coefficient (Wildman–Crippen LogP) is 4.76. The van der Waals surface area contributed by atoms with Crippen LogP contribution in [0.25, 0.3) is 0 Å². The van der Waals surface area contributed by atoms with Crippen LogP contribution in [0.15, 0.2) is 52.6 Å². The van der Waals surface area contributed by atoms with Crippen LogP contribution in [-0.4, -0.2) is 33.8 Å². The summed E-state index contributed by atoms with van der Waals surface area (Å²) in [6.45, 7) is 7.15. The number of allylic oxidation sites excluding steroid dienone is 4. The van der Waals surface area contributed by atoms with Gasteiger partial charge in [0.2, 0.25) is 0 Å². The van der Waals surface area contributed by atoms with Crippen molar-refractivity contribution in [2.45, 2.75) is 53.0 Å². The Morgan fingerprint density at radius 1 is 1.24 bits per heavy atom. The molecule has 2 atom stereocenters. The van der Waals surface area contributed by atoms with Gasteiger partial charge in [-0.1, -0.05) is 61.8 Å². The van der Waals surface area contributed by atoms with Crippen LogP contribution in [0.5, 0.6) is 5.75 Å². The van der Waals surface area contributed by atoms with E-state index < -0.39 is 23.3 Å². The van der Waals surface area contributed by atoms with Crippen molar-refractivity contribution in [2.24, 2.45) is 11.3 Å². The molecule has 0 fully saturated rings. The number of aryl methyl sites for hydroxylation is 1. The molecule has 1 heterocycles. The lowest BCUT2D eigenvalue weighted by atomic mass is 9.77. The fourth-order valence-corrected chi connectivity index (χ4v) is 4.03. The third kappa shape index (κ3) is 6.23. The highest BCUT2D eigenvalue weighted by molar-refractivity contribution is 6.32. The van der Waals surface area contributed by atoms with E-state index in [1.54, 1.807) is 19.1 Å². The molecule has 0 unspecified atom stereocenters. The van der Waals surface area contributed by atoms with Crippen LogP contribution < -0.4 is 5.32 Å². The second-order valence-electron chi connectivity index (χ2n) is 9.52. The number of nitrogens with zero attached hydrogens (tertiary/aromatic N) is 1. The van der Waals surface area contributed by atoms with Crippen LogP contribution in [0.4, 0.5) is 0 Å². The van der Waals surface area contributed by atoms with E-state index in [0.717, 1.165) is 12.0 Å². The maximum atomic E-state index is 13.5. The van der Waals surface area contributed by atoms with E-state index >= 15 is 0 Å². The maximum Gasteiger partial charge on any atom is 0.274 e. The first kappa shape index (κ1) is 25.4. The molecule has 180 valence electrons. The number of hydrogen-bond acceptors (Lipinski definition) is 6. The van der Waals surface area contributed by atoms with Crippen molar-refractivity contribution in [3.63, 3.8) is 0 Å². The monoisotopic (exact) mass is 484 g/mol. The zero-order valence-corrected chi connectivity index (χ0v) is 20.5. The topological polar surface area (TPSA) is 110 Å². The number of carbonyl (C=O) groups is 3. The minimum atomic E-state index is -0.939. The number of phenolic OH excluding ortho intramolecular Hbond substituents is 1. The number of benzene rings is 1. The van der Waals surface area contributed by atoms with Crippen LogP contribution in [0.1, 0.15) is 55.4 Å². The first-order valence-electron chi connectivity index (χ1n) is 11.1. The molecule has 0 radical (unpaired) electrons. The Kier molecular flexibility index (Phi) is 7.77. The standard InChI is InChI=1S/C26H29ClN2O5/c1-15-11-21(29-34-15)25(33)28-20(13-16-9-10-22(30)19(27)12-16)23(31)14-18(17-7-5-6-8-17)24(32)26(2,3)4/h5,7-12,18,20,30H,6,13-14H2,1-4H3,(H,28,33)/t18-,20-/m0/s1. The molecule has 0 bridgehead atoms. The highest BCUT2D eigenvalue weighted by Crippen LogP contribution is 2.31. The van der Waals surface area contributed by atoms with Crippen molar-refractivity contribution in [2.75, 3.05) is 0 Å². The minimum absolute atomic E-state index is 0.0384. The molecule has 0 aliphatic heterocycles. The molecule has 1 aromatic heterocycles. The van der Waals surface area contributed by atoms with Gasteiger partial charge >= 0.3 is 0 Å². The number of nitrogens with one attached hydrogen (secondary N) is 1. The van der Waals surface area contributed by atoms with Crippen molar-refractivity contribution in [3.05, 3.63) is 70.1 Å². The van der Waals surface area contributed by atoms with Crippen LogP contribution in [0.2, 0.25) is 5.02 Å². The lowest BCUT2D eigenvalue weighted by Crippen LogP contribution is -2.44. The Bertz CT molecular complexity index is 1160. The van der Waals surface area contributed by atoms with Crippen LogP contribution in [0, 0.1) is 18.3 Å². The summed E-state index contributed by atoms with van der Waals surface area (Å²) < 4.78 is 4.98. The third-order valence-electron chi connectivity index (χ3n) is 5.67. The van der Waals surface area contributed by atoms with Crippen molar-refractivity contribution in [1.29, 1.82) is 0 Å².